The van der Waals surface area contributed by atoms with Gasteiger partial charge in [-0.3, -0.25) is 9.59 Å². The summed E-state index contributed by atoms with van der Waals surface area (Å²) in [5.41, 5.74) is 1.15. The molecule has 0 amide bonds. The van der Waals surface area contributed by atoms with Crippen molar-refractivity contribution in [1.82, 2.24) is 4.31 Å². The van der Waals surface area contributed by atoms with E-state index in [1.165, 1.54) is 42.5 Å². The molecule has 9 nitrogen and oxygen atoms in total. The zero-order valence-corrected chi connectivity index (χ0v) is 18.7. The summed E-state index contributed by atoms with van der Waals surface area (Å²) in [7, 11) is -3.93. The normalized spacial score (nSPS) is 13.0. The average Bonchev–Trinajstić information content (AvgIpc) is 2.83. The van der Waals surface area contributed by atoms with Crippen molar-refractivity contribution < 1.29 is 33.3 Å². The number of benzene rings is 3. The molecule has 4 N–H and O–H groups in total. The molecule has 3 aromatic carbocycles. The number of anilines is 2. The van der Waals surface area contributed by atoms with Gasteiger partial charge in [-0.1, -0.05) is 24.3 Å². The second kappa shape index (κ2) is 9.35. The van der Waals surface area contributed by atoms with E-state index in [4.69, 9.17) is 10.2 Å². The summed E-state index contributed by atoms with van der Waals surface area (Å²) in [6.45, 7) is -1.08. The Labute approximate surface area is 196 Å². The summed E-state index contributed by atoms with van der Waals surface area (Å²) in [6, 6.07) is 14.9. The Morgan fingerprint density at radius 1 is 0.765 bits per heavy atom. The fourth-order valence-electron chi connectivity index (χ4n) is 3.90. The minimum absolute atomic E-state index is 0.0344. The van der Waals surface area contributed by atoms with Crippen LogP contribution in [0.15, 0.2) is 65.6 Å². The number of aliphatic hydroxyl groups is 2. The van der Waals surface area contributed by atoms with E-state index in [-0.39, 0.29) is 59.2 Å². The smallest absolute Gasteiger partial charge is 0.243 e. The zero-order chi connectivity index (χ0) is 24.5. The maximum atomic E-state index is 13.2. The van der Waals surface area contributed by atoms with Gasteiger partial charge in [-0.05, 0) is 36.4 Å². The fraction of sp³-hybridized carbons (Fsp3) is 0.167. The highest BCUT2D eigenvalue weighted by molar-refractivity contribution is 7.89. The third-order valence-corrected chi connectivity index (χ3v) is 7.44. The number of aromatic hydroxyl groups is 1. The van der Waals surface area contributed by atoms with Crippen LogP contribution >= 0.6 is 0 Å². The summed E-state index contributed by atoms with van der Waals surface area (Å²) in [5, 5.41) is 31.6. The number of nitrogens with one attached hydrogen (secondary N) is 1. The van der Waals surface area contributed by atoms with Gasteiger partial charge in [-0.25, -0.2) is 8.42 Å². The number of rotatable bonds is 8. The Morgan fingerprint density at radius 3 is 1.88 bits per heavy atom. The lowest BCUT2D eigenvalue weighted by atomic mass is 9.82. The standard InChI is InChI=1S/C24H22N2O7S/c27-13-11-26(12-14-28)34(32,33)16-7-5-15(6-8-16)25-19-9-10-20(29)22-21(19)23(30)17-3-1-2-4-18(17)24(22)31/h1-10,25,27-29H,11-14H2. The summed E-state index contributed by atoms with van der Waals surface area (Å²) in [6.07, 6.45) is 0. The Bertz CT molecular complexity index is 1360. The van der Waals surface area contributed by atoms with Gasteiger partial charge >= 0.3 is 0 Å². The molecule has 0 heterocycles. The highest BCUT2D eigenvalue weighted by Crippen LogP contribution is 2.38. The predicted molar refractivity (Wildman–Crippen MR) is 124 cm³/mol. The van der Waals surface area contributed by atoms with Crippen LogP contribution < -0.4 is 5.32 Å². The van der Waals surface area contributed by atoms with Crippen LogP contribution in [0.1, 0.15) is 31.8 Å². The third kappa shape index (κ3) is 4.08. The van der Waals surface area contributed by atoms with Gasteiger partial charge in [0.2, 0.25) is 10.0 Å². The van der Waals surface area contributed by atoms with Crippen molar-refractivity contribution in [3.63, 3.8) is 0 Å². The van der Waals surface area contributed by atoms with E-state index in [0.717, 1.165) is 4.31 Å². The van der Waals surface area contributed by atoms with Crippen LogP contribution in [-0.4, -0.2) is 65.9 Å². The second-order valence-corrected chi connectivity index (χ2v) is 9.52. The highest BCUT2D eigenvalue weighted by Gasteiger charge is 2.34. The number of hydrogen-bond donors (Lipinski definition) is 4. The Morgan fingerprint density at radius 2 is 1.32 bits per heavy atom. The van der Waals surface area contributed by atoms with Crippen LogP contribution in [0.25, 0.3) is 0 Å². The predicted octanol–water partition coefficient (Wildman–Crippen LogP) is 1.89. The molecule has 0 fully saturated rings. The minimum atomic E-state index is -3.93. The lowest BCUT2D eigenvalue weighted by Gasteiger charge is -2.22. The second-order valence-electron chi connectivity index (χ2n) is 7.59. The van der Waals surface area contributed by atoms with Gasteiger partial charge in [-0.15, -0.1) is 0 Å². The van der Waals surface area contributed by atoms with Gasteiger partial charge in [0, 0.05) is 29.9 Å². The Balaban J connectivity index is 1.68. The monoisotopic (exact) mass is 482 g/mol. The fourth-order valence-corrected chi connectivity index (χ4v) is 5.32. The van der Waals surface area contributed by atoms with Crippen LogP contribution in [0.3, 0.4) is 0 Å². The molecule has 0 aromatic heterocycles. The van der Waals surface area contributed by atoms with Crippen LogP contribution in [0.4, 0.5) is 11.4 Å². The lowest BCUT2D eigenvalue weighted by Crippen LogP contribution is -2.35. The number of hydrogen-bond acceptors (Lipinski definition) is 8. The zero-order valence-electron chi connectivity index (χ0n) is 17.9. The summed E-state index contributed by atoms with van der Waals surface area (Å²) >= 11 is 0. The average molecular weight is 483 g/mol. The number of carbonyl (C=O) groups is 2. The molecule has 0 saturated carbocycles. The largest absolute Gasteiger partial charge is 0.507 e. The molecule has 0 unspecified atom stereocenters. The molecule has 176 valence electrons. The van der Waals surface area contributed by atoms with E-state index >= 15 is 0 Å². The van der Waals surface area contributed by atoms with E-state index in [2.05, 4.69) is 5.32 Å². The molecule has 1 aliphatic carbocycles. The number of sulfonamides is 1. The molecule has 3 aromatic rings. The molecule has 10 heteroatoms. The molecule has 0 aliphatic heterocycles. The van der Waals surface area contributed by atoms with E-state index in [9.17, 15) is 23.1 Å². The minimum Gasteiger partial charge on any atom is -0.507 e. The van der Waals surface area contributed by atoms with Gasteiger partial charge in [0.15, 0.2) is 11.6 Å². The summed E-state index contributed by atoms with van der Waals surface area (Å²) < 4.78 is 26.5. The maximum absolute atomic E-state index is 13.2. The number of carbonyl (C=O) groups excluding carboxylic acids is 2. The third-order valence-electron chi connectivity index (χ3n) is 5.52. The van der Waals surface area contributed by atoms with Gasteiger partial charge in [-0.2, -0.15) is 4.31 Å². The van der Waals surface area contributed by atoms with Crippen molar-refractivity contribution in [2.24, 2.45) is 0 Å². The number of phenols is 1. The van der Waals surface area contributed by atoms with Crippen LogP contribution in [0.2, 0.25) is 0 Å². The van der Waals surface area contributed by atoms with Crippen molar-refractivity contribution in [3.05, 3.63) is 82.9 Å². The van der Waals surface area contributed by atoms with Crippen LogP contribution in [-0.2, 0) is 10.0 Å². The van der Waals surface area contributed by atoms with E-state index < -0.39 is 21.6 Å². The molecule has 0 bridgehead atoms. The molecule has 0 saturated heterocycles. The van der Waals surface area contributed by atoms with Crippen molar-refractivity contribution in [2.45, 2.75) is 4.90 Å². The Hall–Kier alpha value is -3.57. The van der Waals surface area contributed by atoms with E-state index in [1.54, 1.807) is 18.2 Å². The first-order valence-corrected chi connectivity index (χ1v) is 11.9. The molecule has 34 heavy (non-hydrogen) atoms. The van der Waals surface area contributed by atoms with Crippen molar-refractivity contribution in [1.29, 1.82) is 0 Å². The first-order valence-electron chi connectivity index (χ1n) is 10.4. The molecule has 0 radical (unpaired) electrons. The quantitative estimate of drug-likeness (QED) is 0.279. The maximum Gasteiger partial charge on any atom is 0.243 e. The van der Waals surface area contributed by atoms with E-state index in [0.29, 0.717) is 11.4 Å². The first-order chi connectivity index (χ1) is 16.3. The van der Waals surface area contributed by atoms with Gasteiger partial charge in [0.1, 0.15) is 5.75 Å². The van der Waals surface area contributed by atoms with Gasteiger partial charge in [0.25, 0.3) is 0 Å². The van der Waals surface area contributed by atoms with E-state index in [1.807, 2.05) is 0 Å². The number of nitrogens with zero attached hydrogens (tertiary/aromatic N) is 1. The Kier molecular flexibility index (Phi) is 6.49. The molecule has 4 rings (SSSR count). The highest BCUT2D eigenvalue weighted by atomic mass is 32.2. The SMILES string of the molecule is O=C1c2ccccc2C(=O)c2c(Nc3ccc(S(=O)(=O)N(CCO)CCO)cc3)ccc(O)c21. The molecular formula is C24H22N2O7S. The summed E-state index contributed by atoms with van der Waals surface area (Å²) in [5.74, 6) is -1.17. The topological polar surface area (TPSA) is 144 Å². The van der Waals surface area contributed by atoms with Crippen molar-refractivity contribution in [3.8, 4) is 5.75 Å². The van der Waals surface area contributed by atoms with Gasteiger partial charge in [0.05, 0.1) is 34.9 Å². The number of ketones is 2. The number of fused-ring (bicyclic) bond motifs is 2. The molecular weight excluding hydrogens is 460 g/mol. The van der Waals surface area contributed by atoms with Crippen molar-refractivity contribution in [2.75, 3.05) is 31.6 Å². The summed E-state index contributed by atoms with van der Waals surface area (Å²) in [4.78, 5) is 26.1. The van der Waals surface area contributed by atoms with Crippen molar-refractivity contribution >= 4 is 33.0 Å². The molecule has 0 atom stereocenters. The number of phenolic OH excluding ortho intramolecular Hbond substituents is 1. The van der Waals surface area contributed by atoms with Gasteiger partial charge < -0.3 is 20.6 Å². The lowest BCUT2D eigenvalue weighted by molar-refractivity contribution is 0.0977. The van der Waals surface area contributed by atoms with Crippen LogP contribution in [0, 0.1) is 0 Å². The van der Waals surface area contributed by atoms with Crippen LogP contribution in [0.5, 0.6) is 5.75 Å². The first kappa shape index (κ1) is 23.6. The molecule has 1 aliphatic rings. The molecule has 0 spiro atoms. The number of aliphatic hydroxyl groups excluding tert-OH is 2.